The molecule has 1 aliphatic carbocycles. The fourth-order valence-corrected chi connectivity index (χ4v) is 2.57. The second-order valence-electron chi connectivity index (χ2n) is 5.17. The van der Waals surface area contributed by atoms with Crippen LogP contribution in [0.15, 0.2) is 12.1 Å². The maximum atomic E-state index is 11.9. The number of amides is 1. The summed E-state index contributed by atoms with van der Waals surface area (Å²) in [6, 6.07) is 3.41. The summed E-state index contributed by atoms with van der Waals surface area (Å²) >= 11 is 6.10. The van der Waals surface area contributed by atoms with Crippen molar-refractivity contribution < 1.29 is 24.2 Å². The Morgan fingerprint density at radius 2 is 2.00 bits per heavy atom. The fraction of sp³-hybridized carbons (Fsp3) is 0.429. The second-order valence-corrected chi connectivity index (χ2v) is 5.58. The van der Waals surface area contributed by atoms with Crippen molar-refractivity contribution in [1.29, 1.82) is 0 Å². The van der Waals surface area contributed by atoms with Crippen molar-refractivity contribution in [3.05, 3.63) is 22.7 Å². The molecule has 1 amide bonds. The van der Waals surface area contributed by atoms with E-state index in [0.29, 0.717) is 42.6 Å². The Kier molecular flexibility index (Phi) is 3.41. The average Bonchev–Trinajstić information content (AvgIpc) is 3.26. The number of aliphatic carboxylic acids is 1. The third kappa shape index (κ3) is 2.51. The van der Waals surface area contributed by atoms with E-state index in [1.807, 2.05) is 0 Å². The molecule has 0 unspecified atom stereocenters. The van der Waals surface area contributed by atoms with Gasteiger partial charge in [0.1, 0.15) is 18.6 Å². The summed E-state index contributed by atoms with van der Waals surface area (Å²) in [5.74, 6) is -0.485. The number of hydrogen-bond donors (Lipinski definition) is 2. The van der Waals surface area contributed by atoms with Gasteiger partial charge in [-0.3, -0.25) is 9.59 Å². The molecule has 112 valence electrons. The summed E-state index contributed by atoms with van der Waals surface area (Å²) in [7, 11) is 0. The topological polar surface area (TPSA) is 84.9 Å². The number of carbonyl (C=O) groups excluding carboxylic acids is 1. The van der Waals surface area contributed by atoms with Crippen LogP contribution in [0.4, 0.5) is 0 Å². The summed E-state index contributed by atoms with van der Waals surface area (Å²) in [6.07, 6.45) is 0.770. The number of carboxylic acid groups (broad SMARTS) is 1. The Bertz CT molecular complexity index is 612. The van der Waals surface area contributed by atoms with E-state index in [0.717, 1.165) is 5.56 Å². The highest BCUT2D eigenvalue weighted by molar-refractivity contribution is 6.32. The number of ether oxygens (including phenoxy) is 2. The Morgan fingerprint density at radius 1 is 1.29 bits per heavy atom. The quantitative estimate of drug-likeness (QED) is 0.825. The molecule has 0 radical (unpaired) electrons. The van der Waals surface area contributed by atoms with E-state index in [4.69, 9.17) is 26.2 Å². The molecule has 6 nitrogen and oxygen atoms in total. The van der Waals surface area contributed by atoms with Gasteiger partial charge in [0.15, 0.2) is 11.5 Å². The molecular formula is C14H14ClNO5. The van der Waals surface area contributed by atoms with E-state index in [1.54, 1.807) is 12.1 Å². The van der Waals surface area contributed by atoms with Gasteiger partial charge < -0.3 is 19.9 Å². The molecule has 3 rings (SSSR count). The van der Waals surface area contributed by atoms with Crippen LogP contribution in [0.3, 0.4) is 0 Å². The summed E-state index contributed by atoms with van der Waals surface area (Å²) in [5, 5.41) is 12.1. The number of fused-ring (bicyclic) bond motifs is 1. The van der Waals surface area contributed by atoms with Crippen LogP contribution in [0, 0.1) is 5.41 Å². The first-order valence-corrected chi connectivity index (χ1v) is 7.00. The Morgan fingerprint density at radius 3 is 2.67 bits per heavy atom. The fourth-order valence-electron chi connectivity index (χ4n) is 2.28. The van der Waals surface area contributed by atoms with E-state index in [9.17, 15) is 9.59 Å². The van der Waals surface area contributed by atoms with Gasteiger partial charge in [-0.2, -0.15) is 0 Å². The Balaban J connectivity index is 1.70. The molecule has 2 aliphatic rings. The van der Waals surface area contributed by atoms with Crippen LogP contribution in [0.2, 0.25) is 5.02 Å². The number of carboxylic acids is 1. The Hall–Kier alpha value is -1.95. The lowest BCUT2D eigenvalue weighted by molar-refractivity contribution is -0.149. The van der Waals surface area contributed by atoms with Crippen molar-refractivity contribution in [1.82, 2.24) is 5.32 Å². The van der Waals surface area contributed by atoms with Crippen LogP contribution in [0.25, 0.3) is 0 Å². The van der Waals surface area contributed by atoms with Crippen LogP contribution in [-0.2, 0) is 16.1 Å². The Labute approximate surface area is 126 Å². The molecule has 0 aromatic heterocycles. The molecule has 2 N–H and O–H groups in total. The molecule has 1 aliphatic heterocycles. The van der Waals surface area contributed by atoms with Crippen molar-refractivity contribution in [3.63, 3.8) is 0 Å². The molecule has 0 saturated heterocycles. The molecule has 0 spiro atoms. The van der Waals surface area contributed by atoms with Gasteiger partial charge in [-0.15, -0.1) is 0 Å². The predicted molar refractivity (Wildman–Crippen MR) is 73.6 cm³/mol. The van der Waals surface area contributed by atoms with Gasteiger partial charge in [0, 0.05) is 6.54 Å². The number of carbonyl (C=O) groups is 2. The van der Waals surface area contributed by atoms with E-state index in [1.165, 1.54) is 0 Å². The normalized spacial score (nSPS) is 18.0. The van der Waals surface area contributed by atoms with Crippen LogP contribution in [0.1, 0.15) is 18.4 Å². The largest absolute Gasteiger partial charge is 0.486 e. The van der Waals surface area contributed by atoms with Crippen LogP contribution >= 0.6 is 11.6 Å². The number of nitrogens with one attached hydrogen (secondary N) is 1. The average molecular weight is 312 g/mol. The van der Waals surface area contributed by atoms with Crippen molar-refractivity contribution in [2.45, 2.75) is 19.4 Å². The third-order valence-corrected chi connectivity index (χ3v) is 3.98. The smallest absolute Gasteiger partial charge is 0.319 e. The highest BCUT2D eigenvalue weighted by Gasteiger charge is 2.56. The van der Waals surface area contributed by atoms with Gasteiger partial charge in [0.05, 0.1) is 5.02 Å². The first-order chi connectivity index (χ1) is 10.0. The summed E-state index contributed by atoms with van der Waals surface area (Å²) in [5.41, 5.74) is -0.503. The van der Waals surface area contributed by atoms with Gasteiger partial charge in [-0.1, -0.05) is 11.6 Å². The zero-order chi connectivity index (χ0) is 15.0. The maximum absolute atomic E-state index is 11.9. The molecule has 1 heterocycles. The lowest BCUT2D eigenvalue weighted by atomic mass is 10.1. The van der Waals surface area contributed by atoms with Crippen molar-refractivity contribution in [2.75, 3.05) is 13.2 Å². The van der Waals surface area contributed by atoms with Crippen LogP contribution in [0.5, 0.6) is 11.5 Å². The summed E-state index contributed by atoms with van der Waals surface area (Å²) < 4.78 is 10.9. The number of rotatable bonds is 4. The number of halogens is 1. The molecule has 1 aromatic rings. The van der Waals surface area contributed by atoms with Gasteiger partial charge in [-0.05, 0) is 30.5 Å². The highest BCUT2D eigenvalue weighted by Crippen LogP contribution is 2.46. The standard InChI is InChI=1S/C14H14ClNO5/c15-9-5-8(6-10-11(9)21-4-3-20-10)7-16-12(17)14(1-2-14)13(18)19/h5-6H,1-4,7H2,(H,16,17)(H,18,19). The number of benzene rings is 1. The van der Waals surface area contributed by atoms with Gasteiger partial charge in [-0.25, -0.2) is 0 Å². The first kappa shape index (κ1) is 14.0. The van der Waals surface area contributed by atoms with E-state index in [-0.39, 0.29) is 6.54 Å². The monoisotopic (exact) mass is 311 g/mol. The molecule has 1 saturated carbocycles. The minimum absolute atomic E-state index is 0.199. The van der Waals surface area contributed by atoms with E-state index < -0.39 is 17.3 Å². The van der Waals surface area contributed by atoms with Gasteiger partial charge >= 0.3 is 5.97 Å². The molecule has 0 atom stereocenters. The molecule has 0 bridgehead atoms. The minimum Gasteiger partial charge on any atom is -0.486 e. The summed E-state index contributed by atoms with van der Waals surface area (Å²) in [4.78, 5) is 23.0. The zero-order valence-electron chi connectivity index (χ0n) is 11.1. The predicted octanol–water partition coefficient (Wildman–Crippen LogP) is 1.59. The van der Waals surface area contributed by atoms with Gasteiger partial charge in [0.2, 0.25) is 5.91 Å². The lowest BCUT2D eigenvalue weighted by Crippen LogP contribution is -2.36. The SMILES string of the molecule is O=C(O)C1(C(=O)NCc2cc(Cl)c3c(c2)OCCO3)CC1. The van der Waals surface area contributed by atoms with Crippen molar-refractivity contribution >= 4 is 23.5 Å². The van der Waals surface area contributed by atoms with Gasteiger partial charge in [0.25, 0.3) is 0 Å². The lowest BCUT2D eigenvalue weighted by Gasteiger charge is -2.20. The second kappa shape index (κ2) is 5.11. The van der Waals surface area contributed by atoms with E-state index >= 15 is 0 Å². The molecule has 7 heteroatoms. The van der Waals surface area contributed by atoms with Crippen molar-refractivity contribution in [2.24, 2.45) is 5.41 Å². The maximum Gasteiger partial charge on any atom is 0.319 e. The highest BCUT2D eigenvalue weighted by atomic mass is 35.5. The van der Waals surface area contributed by atoms with E-state index in [2.05, 4.69) is 5.32 Å². The van der Waals surface area contributed by atoms with Crippen LogP contribution < -0.4 is 14.8 Å². The van der Waals surface area contributed by atoms with Crippen LogP contribution in [-0.4, -0.2) is 30.2 Å². The molecule has 1 aromatic carbocycles. The molecule has 21 heavy (non-hydrogen) atoms. The summed E-state index contributed by atoms with van der Waals surface area (Å²) in [6.45, 7) is 1.09. The molecular weight excluding hydrogens is 298 g/mol. The molecule has 1 fully saturated rings. The minimum atomic E-state index is -1.24. The zero-order valence-corrected chi connectivity index (χ0v) is 11.9. The van der Waals surface area contributed by atoms with Crippen molar-refractivity contribution in [3.8, 4) is 11.5 Å². The first-order valence-electron chi connectivity index (χ1n) is 6.63. The third-order valence-electron chi connectivity index (χ3n) is 3.70. The number of hydrogen-bond acceptors (Lipinski definition) is 4.